The quantitative estimate of drug-likeness (QED) is 0.552. The molecule has 0 aliphatic carbocycles. The van der Waals surface area contributed by atoms with Crippen LogP contribution < -0.4 is 15.1 Å². The molecule has 1 aromatic heterocycles. The van der Waals surface area contributed by atoms with E-state index in [1.807, 2.05) is 60.7 Å². The minimum atomic E-state index is -0.403. The van der Waals surface area contributed by atoms with E-state index < -0.39 is 5.92 Å². The minimum Gasteiger partial charge on any atom is -0.355 e. The van der Waals surface area contributed by atoms with Gasteiger partial charge in [-0.2, -0.15) is 0 Å². The fourth-order valence-electron chi connectivity index (χ4n) is 4.37. The minimum absolute atomic E-state index is 0.0460. The summed E-state index contributed by atoms with van der Waals surface area (Å²) in [5, 5.41) is 11.7. The third kappa shape index (κ3) is 4.75. The maximum atomic E-state index is 12.9. The zero-order valence-corrected chi connectivity index (χ0v) is 19.7. The van der Waals surface area contributed by atoms with Gasteiger partial charge in [0.15, 0.2) is 5.82 Å². The van der Waals surface area contributed by atoms with Crippen molar-refractivity contribution in [3.05, 3.63) is 65.1 Å². The molecule has 0 bridgehead atoms. The van der Waals surface area contributed by atoms with Crippen molar-refractivity contribution in [1.82, 2.24) is 10.2 Å². The number of amides is 2. The molecule has 2 amide bonds. The number of rotatable bonds is 5. The van der Waals surface area contributed by atoms with Crippen LogP contribution in [0.1, 0.15) is 19.3 Å². The first-order valence-corrected chi connectivity index (χ1v) is 11.9. The molecule has 1 N–H and O–H groups in total. The summed E-state index contributed by atoms with van der Waals surface area (Å²) >= 11 is 3.44. The van der Waals surface area contributed by atoms with Gasteiger partial charge in [-0.05, 0) is 55.3 Å². The maximum absolute atomic E-state index is 12.9. The van der Waals surface area contributed by atoms with Gasteiger partial charge in [0, 0.05) is 47.5 Å². The maximum Gasteiger partial charge on any atom is 0.229 e. The van der Waals surface area contributed by atoms with Gasteiger partial charge in [0.2, 0.25) is 11.8 Å². The molecule has 1 unspecified atom stereocenters. The highest BCUT2D eigenvalue weighted by atomic mass is 79.9. The summed E-state index contributed by atoms with van der Waals surface area (Å²) in [4.78, 5) is 29.4. The molecule has 0 radical (unpaired) electrons. The van der Waals surface area contributed by atoms with Crippen molar-refractivity contribution in [2.75, 3.05) is 34.8 Å². The van der Waals surface area contributed by atoms with Gasteiger partial charge in [-0.1, -0.05) is 34.1 Å². The molecule has 3 heterocycles. The Kier molecular flexibility index (Phi) is 6.09. The molecule has 2 fully saturated rings. The van der Waals surface area contributed by atoms with Gasteiger partial charge in [-0.3, -0.25) is 9.59 Å². The van der Waals surface area contributed by atoms with Gasteiger partial charge in [0.1, 0.15) is 0 Å². The molecule has 2 aliphatic rings. The van der Waals surface area contributed by atoms with Crippen LogP contribution in [0.5, 0.6) is 0 Å². The van der Waals surface area contributed by atoms with E-state index >= 15 is 0 Å². The van der Waals surface area contributed by atoms with Crippen molar-refractivity contribution in [3.8, 4) is 11.3 Å². The van der Waals surface area contributed by atoms with Crippen LogP contribution in [0.2, 0.25) is 0 Å². The third-order valence-corrected chi connectivity index (χ3v) is 6.62. The fraction of sp³-hybridized carbons (Fsp3) is 0.280. The molecule has 2 saturated heterocycles. The smallest absolute Gasteiger partial charge is 0.229 e. The summed E-state index contributed by atoms with van der Waals surface area (Å²) in [6, 6.07) is 19.1. The molecule has 1 atom stereocenters. The molecular weight excluding hydrogens is 482 g/mol. The number of anilines is 3. The Labute approximate surface area is 200 Å². The topological polar surface area (TPSA) is 78.4 Å². The number of nitrogens with zero attached hydrogens (tertiary/aromatic N) is 4. The Morgan fingerprint density at radius 1 is 1.00 bits per heavy atom. The van der Waals surface area contributed by atoms with Gasteiger partial charge in [-0.15, -0.1) is 10.2 Å². The molecule has 0 saturated carbocycles. The van der Waals surface area contributed by atoms with Crippen molar-refractivity contribution < 1.29 is 9.59 Å². The van der Waals surface area contributed by atoms with E-state index in [4.69, 9.17) is 0 Å². The first-order valence-electron chi connectivity index (χ1n) is 11.1. The van der Waals surface area contributed by atoms with Crippen LogP contribution in [-0.2, 0) is 9.59 Å². The molecule has 168 valence electrons. The van der Waals surface area contributed by atoms with E-state index in [-0.39, 0.29) is 18.2 Å². The lowest BCUT2D eigenvalue weighted by atomic mass is 10.1. The Bertz CT molecular complexity index is 1180. The molecule has 8 heteroatoms. The molecule has 33 heavy (non-hydrogen) atoms. The van der Waals surface area contributed by atoms with E-state index in [1.165, 1.54) is 12.8 Å². The predicted octanol–water partition coefficient (Wildman–Crippen LogP) is 4.50. The lowest BCUT2D eigenvalue weighted by Gasteiger charge is -2.17. The van der Waals surface area contributed by atoms with E-state index in [2.05, 4.69) is 36.3 Å². The van der Waals surface area contributed by atoms with Crippen molar-refractivity contribution in [3.63, 3.8) is 0 Å². The summed E-state index contributed by atoms with van der Waals surface area (Å²) in [5.41, 5.74) is 3.11. The molecule has 0 spiro atoms. The molecule has 7 nitrogen and oxygen atoms in total. The summed E-state index contributed by atoms with van der Waals surface area (Å²) in [5.74, 6) is 0.296. The largest absolute Gasteiger partial charge is 0.355 e. The number of aromatic nitrogens is 2. The zero-order chi connectivity index (χ0) is 22.8. The number of nitrogens with one attached hydrogen (secondary N) is 1. The highest BCUT2D eigenvalue weighted by Gasteiger charge is 2.35. The number of hydrogen-bond donors (Lipinski definition) is 1. The highest BCUT2D eigenvalue weighted by Crippen LogP contribution is 2.29. The summed E-state index contributed by atoms with van der Waals surface area (Å²) in [6.07, 6.45) is 2.58. The lowest BCUT2D eigenvalue weighted by Crippen LogP contribution is -2.28. The third-order valence-electron chi connectivity index (χ3n) is 6.12. The van der Waals surface area contributed by atoms with E-state index in [0.29, 0.717) is 12.2 Å². The van der Waals surface area contributed by atoms with Crippen molar-refractivity contribution in [2.24, 2.45) is 5.92 Å². The molecule has 3 aromatic rings. The van der Waals surface area contributed by atoms with Crippen LogP contribution in [0.25, 0.3) is 11.3 Å². The van der Waals surface area contributed by atoms with Crippen molar-refractivity contribution in [2.45, 2.75) is 19.3 Å². The number of benzene rings is 2. The Morgan fingerprint density at radius 2 is 1.82 bits per heavy atom. The van der Waals surface area contributed by atoms with E-state index in [0.717, 1.165) is 40.3 Å². The first-order chi connectivity index (χ1) is 16.1. The SMILES string of the molecule is O=C(Nc1cccc(-c2ccc(N3CCCC3)nn2)c1)C1CC(=O)N(c2cccc(Br)c2)C1. The van der Waals surface area contributed by atoms with Crippen LogP contribution in [0.3, 0.4) is 0 Å². The molecule has 5 rings (SSSR count). The normalized spacial score (nSPS) is 18.1. The van der Waals surface area contributed by atoms with Crippen LogP contribution in [0.4, 0.5) is 17.2 Å². The Balaban J connectivity index is 1.26. The van der Waals surface area contributed by atoms with Crippen molar-refractivity contribution >= 4 is 44.9 Å². The first kappa shape index (κ1) is 21.6. The van der Waals surface area contributed by atoms with Crippen LogP contribution >= 0.6 is 15.9 Å². The second-order valence-corrected chi connectivity index (χ2v) is 9.34. The van der Waals surface area contributed by atoms with Gasteiger partial charge in [-0.25, -0.2) is 0 Å². The number of hydrogen-bond acceptors (Lipinski definition) is 5. The number of carbonyl (C=O) groups excluding carboxylic acids is 2. The summed E-state index contributed by atoms with van der Waals surface area (Å²) < 4.78 is 0.897. The fourth-order valence-corrected chi connectivity index (χ4v) is 4.76. The second-order valence-electron chi connectivity index (χ2n) is 8.43. The average molecular weight is 506 g/mol. The monoisotopic (exact) mass is 505 g/mol. The van der Waals surface area contributed by atoms with Gasteiger partial charge >= 0.3 is 0 Å². The summed E-state index contributed by atoms with van der Waals surface area (Å²) in [6.45, 7) is 2.42. The zero-order valence-electron chi connectivity index (χ0n) is 18.1. The Hall–Kier alpha value is -3.26. The van der Waals surface area contributed by atoms with Crippen LogP contribution in [0.15, 0.2) is 65.1 Å². The molecular formula is C25H24BrN5O2. The lowest BCUT2D eigenvalue weighted by molar-refractivity contribution is -0.122. The van der Waals surface area contributed by atoms with Crippen LogP contribution in [0, 0.1) is 5.92 Å². The number of halogens is 1. The molecule has 2 aliphatic heterocycles. The second kappa shape index (κ2) is 9.31. The van der Waals surface area contributed by atoms with Crippen molar-refractivity contribution in [1.29, 1.82) is 0 Å². The highest BCUT2D eigenvalue weighted by molar-refractivity contribution is 9.10. The average Bonchev–Trinajstić information content (AvgIpc) is 3.50. The predicted molar refractivity (Wildman–Crippen MR) is 132 cm³/mol. The van der Waals surface area contributed by atoms with E-state index in [9.17, 15) is 9.59 Å². The Morgan fingerprint density at radius 3 is 2.58 bits per heavy atom. The standard InChI is InChI=1S/C25H24BrN5O2/c26-19-6-4-8-21(15-19)31-16-18(14-24(31)32)25(33)27-20-7-3-5-17(13-20)22-9-10-23(29-28-22)30-11-1-2-12-30/h3-10,13,15,18H,1-2,11-12,14,16H2,(H,27,33). The number of carbonyl (C=O) groups is 2. The molecule has 2 aromatic carbocycles. The van der Waals surface area contributed by atoms with E-state index in [1.54, 1.807) is 4.90 Å². The van der Waals surface area contributed by atoms with Crippen LogP contribution in [-0.4, -0.2) is 41.6 Å². The van der Waals surface area contributed by atoms with Gasteiger partial charge in [0.05, 0.1) is 11.6 Å². The van der Waals surface area contributed by atoms with Gasteiger partial charge < -0.3 is 15.1 Å². The van der Waals surface area contributed by atoms with Gasteiger partial charge in [0.25, 0.3) is 0 Å². The summed E-state index contributed by atoms with van der Waals surface area (Å²) in [7, 11) is 0.